The molecule has 7 heteroatoms. The van der Waals surface area contributed by atoms with Crippen LogP contribution in [0.2, 0.25) is 0 Å². The van der Waals surface area contributed by atoms with E-state index in [0.29, 0.717) is 5.69 Å². The van der Waals surface area contributed by atoms with Crippen molar-refractivity contribution in [1.82, 2.24) is 5.32 Å². The number of carbonyl (C=O) groups excluding carboxylic acids is 2. The molecular formula is C18H23N3O4. The van der Waals surface area contributed by atoms with Gasteiger partial charge in [-0.15, -0.1) is 0 Å². The number of hydrogen-bond donors (Lipinski definition) is 2. The van der Waals surface area contributed by atoms with E-state index in [1.165, 1.54) is 12.3 Å². The van der Waals surface area contributed by atoms with Crippen molar-refractivity contribution in [2.75, 3.05) is 5.73 Å². The van der Waals surface area contributed by atoms with Gasteiger partial charge >= 0.3 is 12.1 Å². The lowest BCUT2D eigenvalue weighted by molar-refractivity contribution is -0.138. The van der Waals surface area contributed by atoms with Crippen LogP contribution in [0, 0.1) is 5.92 Å². The van der Waals surface area contributed by atoms with E-state index in [1.807, 2.05) is 13.8 Å². The molecule has 0 bridgehead atoms. The molecule has 0 amide bonds. The Labute approximate surface area is 146 Å². The molecule has 1 heterocycles. The van der Waals surface area contributed by atoms with Crippen LogP contribution in [0.1, 0.15) is 39.4 Å². The molecule has 2 rings (SSSR count). The summed E-state index contributed by atoms with van der Waals surface area (Å²) in [7, 11) is 0. The largest absolute Gasteiger partial charge is 0.516 e. The Morgan fingerprint density at radius 1 is 1.24 bits per heavy atom. The van der Waals surface area contributed by atoms with Crippen LogP contribution < -0.4 is 11.1 Å². The van der Waals surface area contributed by atoms with Gasteiger partial charge in [-0.05, 0) is 43.5 Å². The van der Waals surface area contributed by atoms with Crippen LogP contribution in [-0.2, 0) is 14.3 Å². The Hall–Kier alpha value is -2.83. The average molecular weight is 345 g/mol. The highest BCUT2D eigenvalue weighted by Gasteiger charge is 2.30. The molecule has 1 aliphatic rings. The number of nitrogens with two attached hydrogens (primary N) is 1. The second-order valence-corrected chi connectivity index (χ2v) is 6.59. The first-order valence-corrected chi connectivity index (χ1v) is 7.99. The maximum absolute atomic E-state index is 12.2. The van der Waals surface area contributed by atoms with E-state index in [4.69, 9.17) is 15.2 Å². The number of esters is 1. The zero-order valence-corrected chi connectivity index (χ0v) is 14.8. The normalized spacial score (nSPS) is 16.8. The second kappa shape index (κ2) is 7.38. The third-order valence-electron chi connectivity index (χ3n) is 4.15. The molecule has 1 unspecified atom stereocenters. The molecule has 0 fully saturated rings. The van der Waals surface area contributed by atoms with Gasteiger partial charge in [0.05, 0.1) is 0 Å². The van der Waals surface area contributed by atoms with Gasteiger partial charge in [0.2, 0.25) is 0 Å². The van der Waals surface area contributed by atoms with E-state index < -0.39 is 23.9 Å². The number of aliphatic imine (C=N–C) groups is 1. The number of carbonyl (C=O) groups is 2. The van der Waals surface area contributed by atoms with E-state index >= 15 is 0 Å². The van der Waals surface area contributed by atoms with E-state index in [0.717, 1.165) is 5.56 Å². The number of anilines is 1. The maximum Gasteiger partial charge on any atom is 0.516 e. The van der Waals surface area contributed by atoms with Gasteiger partial charge in [-0.3, -0.25) is 4.99 Å². The standard InChI is InChI=1S/C18H23N3O4/c1-11(2)18(3,4)25-17(23)24-16(22)14-9-10-20-15(21-14)12-5-7-13(19)8-6-12/h5-11,15,21H,19H2,1-4H3. The summed E-state index contributed by atoms with van der Waals surface area (Å²) in [6, 6.07) is 7.10. The Morgan fingerprint density at radius 3 is 2.48 bits per heavy atom. The first-order chi connectivity index (χ1) is 11.7. The summed E-state index contributed by atoms with van der Waals surface area (Å²) < 4.78 is 9.97. The third kappa shape index (κ3) is 4.82. The molecular weight excluding hydrogens is 322 g/mol. The number of nitrogens with one attached hydrogen (secondary N) is 1. The molecule has 134 valence electrons. The van der Waals surface area contributed by atoms with E-state index in [9.17, 15) is 9.59 Å². The molecule has 1 aromatic rings. The van der Waals surface area contributed by atoms with E-state index in [-0.39, 0.29) is 11.6 Å². The monoisotopic (exact) mass is 345 g/mol. The van der Waals surface area contributed by atoms with Gasteiger partial charge < -0.3 is 20.5 Å². The molecule has 0 spiro atoms. The van der Waals surface area contributed by atoms with Crippen molar-refractivity contribution < 1.29 is 19.1 Å². The van der Waals surface area contributed by atoms with Crippen molar-refractivity contribution in [1.29, 1.82) is 0 Å². The third-order valence-corrected chi connectivity index (χ3v) is 4.15. The first-order valence-electron chi connectivity index (χ1n) is 7.99. The summed E-state index contributed by atoms with van der Waals surface area (Å²) in [5.41, 5.74) is 6.51. The van der Waals surface area contributed by atoms with Crippen molar-refractivity contribution in [3.63, 3.8) is 0 Å². The van der Waals surface area contributed by atoms with Gasteiger partial charge in [0.15, 0.2) is 0 Å². The van der Waals surface area contributed by atoms with Gasteiger partial charge in [0.1, 0.15) is 17.5 Å². The Kier molecular flexibility index (Phi) is 5.46. The van der Waals surface area contributed by atoms with Crippen molar-refractivity contribution in [2.45, 2.75) is 39.5 Å². The molecule has 0 saturated heterocycles. The van der Waals surface area contributed by atoms with Crippen LogP contribution in [0.5, 0.6) is 0 Å². The summed E-state index contributed by atoms with van der Waals surface area (Å²) in [4.78, 5) is 28.2. The zero-order chi connectivity index (χ0) is 18.6. The van der Waals surface area contributed by atoms with Crippen molar-refractivity contribution in [2.24, 2.45) is 10.9 Å². The van der Waals surface area contributed by atoms with Crippen LogP contribution in [0.4, 0.5) is 10.5 Å². The number of benzene rings is 1. The van der Waals surface area contributed by atoms with Gasteiger partial charge in [-0.2, -0.15) is 0 Å². The highest BCUT2D eigenvalue weighted by Crippen LogP contribution is 2.22. The van der Waals surface area contributed by atoms with E-state index in [1.54, 1.807) is 38.1 Å². The van der Waals surface area contributed by atoms with Crippen LogP contribution in [0.15, 0.2) is 41.0 Å². The van der Waals surface area contributed by atoms with Crippen LogP contribution in [0.3, 0.4) is 0 Å². The Morgan fingerprint density at radius 2 is 1.88 bits per heavy atom. The first kappa shape index (κ1) is 18.5. The van der Waals surface area contributed by atoms with Crippen LogP contribution in [0.25, 0.3) is 0 Å². The molecule has 1 aliphatic heterocycles. The molecule has 1 atom stereocenters. The lowest BCUT2D eigenvalue weighted by Gasteiger charge is -2.28. The number of allylic oxidation sites excluding steroid dienone is 1. The predicted molar refractivity (Wildman–Crippen MR) is 94.8 cm³/mol. The zero-order valence-electron chi connectivity index (χ0n) is 14.8. The molecule has 0 aliphatic carbocycles. The van der Waals surface area contributed by atoms with Gasteiger partial charge in [0.25, 0.3) is 0 Å². The van der Waals surface area contributed by atoms with Crippen molar-refractivity contribution in [3.8, 4) is 0 Å². The van der Waals surface area contributed by atoms with Gasteiger partial charge in [-0.1, -0.05) is 26.0 Å². The van der Waals surface area contributed by atoms with Crippen LogP contribution >= 0.6 is 0 Å². The molecule has 3 N–H and O–H groups in total. The Bertz CT molecular complexity index is 706. The molecule has 25 heavy (non-hydrogen) atoms. The smallest absolute Gasteiger partial charge is 0.428 e. The van der Waals surface area contributed by atoms with Crippen molar-refractivity contribution in [3.05, 3.63) is 41.6 Å². The fraction of sp³-hybridized carbons (Fsp3) is 0.389. The number of nitrogens with zero attached hydrogens (tertiary/aromatic N) is 1. The molecule has 0 aromatic heterocycles. The minimum atomic E-state index is -1.03. The molecule has 0 radical (unpaired) electrons. The number of rotatable bonds is 4. The highest BCUT2D eigenvalue weighted by atomic mass is 16.7. The number of hydrogen-bond acceptors (Lipinski definition) is 7. The lowest BCUT2D eigenvalue weighted by atomic mass is 9.95. The van der Waals surface area contributed by atoms with E-state index in [2.05, 4.69) is 10.3 Å². The number of ether oxygens (including phenoxy) is 2. The summed E-state index contributed by atoms with van der Waals surface area (Å²) in [6.45, 7) is 7.33. The van der Waals surface area contributed by atoms with Crippen molar-refractivity contribution >= 4 is 24.0 Å². The quantitative estimate of drug-likeness (QED) is 0.494. The average Bonchev–Trinajstić information content (AvgIpc) is 2.55. The maximum atomic E-state index is 12.2. The fourth-order valence-corrected chi connectivity index (χ4v) is 1.90. The fourth-order valence-electron chi connectivity index (χ4n) is 1.90. The Balaban J connectivity index is 1.98. The van der Waals surface area contributed by atoms with Crippen LogP contribution in [-0.4, -0.2) is 23.9 Å². The SMILES string of the molecule is CC(C)C(C)(C)OC(=O)OC(=O)C1=CC=NC(c2ccc(N)cc2)N1. The summed E-state index contributed by atoms with van der Waals surface area (Å²) >= 11 is 0. The lowest BCUT2D eigenvalue weighted by Crippen LogP contribution is -2.36. The number of nitrogen functional groups attached to an aromatic ring is 1. The molecule has 7 nitrogen and oxygen atoms in total. The minimum absolute atomic E-state index is 0.0733. The van der Waals surface area contributed by atoms with Gasteiger partial charge in [0, 0.05) is 11.9 Å². The molecule has 1 aromatic carbocycles. The summed E-state index contributed by atoms with van der Waals surface area (Å²) in [5, 5.41) is 2.92. The predicted octanol–water partition coefficient (Wildman–Crippen LogP) is 2.94. The second-order valence-electron chi connectivity index (χ2n) is 6.59. The highest BCUT2D eigenvalue weighted by molar-refractivity contribution is 5.98. The minimum Gasteiger partial charge on any atom is -0.428 e. The summed E-state index contributed by atoms with van der Waals surface area (Å²) in [5.74, 6) is -0.750. The topological polar surface area (TPSA) is 103 Å². The molecule has 0 saturated carbocycles. The summed E-state index contributed by atoms with van der Waals surface area (Å²) in [6.07, 6.45) is 1.43. The van der Waals surface area contributed by atoms with Gasteiger partial charge in [-0.25, -0.2) is 9.59 Å².